The number of benzene rings is 3. The Morgan fingerprint density at radius 1 is 0.800 bits per heavy atom. The van der Waals surface area contributed by atoms with Crippen LogP contribution in [0.25, 0.3) is 0 Å². The zero-order valence-electron chi connectivity index (χ0n) is 16.1. The number of hydrogen-bond donors (Lipinski definition) is 0. The smallest absolute Gasteiger partial charge is 0.198 e. The van der Waals surface area contributed by atoms with Crippen LogP contribution in [0.4, 0.5) is 0 Å². The first-order valence-corrected chi connectivity index (χ1v) is 11.0. The zero-order valence-corrected chi connectivity index (χ0v) is 19.3. The topological polar surface area (TPSA) is 43.3 Å². The first-order valence-electron chi connectivity index (χ1n) is 9.45. The average molecular weight is 532 g/mol. The third-order valence-electron chi connectivity index (χ3n) is 4.59. The highest BCUT2D eigenvalue weighted by Gasteiger charge is 2.18. The molecule has 0 aromatic heterocycles. The van der Waals surface area contributed by atoms with Gasteiger partial charge < -0.3 is 14.3 Å². The van der Waals surface area contributed by atoms with Gasteiger partial charge in [-0.15, -0.1) is 5.06 Å². The fourth-order valence-corrected chi connectivity index (χ4v) is 3.83. The quantitative estimate of drug-likeness (QED) is 0.352. The van der Waals surface area contributed by atoms with E-state index in [1.54, 1.807) is 5.06 Å². The van der Waals surface area contributed by atoms with Crippen molar-refractivity contribution >= 4 is 38.3 Å². The molecule has 0 radical (unpaired) electrons. The maximum absolute atomic E-state index is 6.27. The molecule has 0 spiro atoms. The van der Waals surface area contributed by atoms with Gasteiger partial charge in [-0.25, -0.2) is 4.99 Å². The maximum Gasteiger partial charge on any atom is 0.198 e. The highest BCUT2D eigenvalue weighted by molar-refractivity contribution is 9.10. The molecular weight excluding hydrogens is 512 g/mol. The molecule has 1 aliphatic rings. The molecule has 1 heterocycles. The summed E-state index contributed by atoms with van der Waals surface area (Å²) in [7, 11) is 0. The van der Waals surface area contributed by atoms with E-state index in [9.17, 15) is 0 Å². The number of para-hydroxylation sites is 1. The Morgan fingerprint density at radius 2 is 1.43 bits per heavy atom. The van der Waals surface area contributed by atoms with E-state index in [0.717, 1.165) is 25.6 Å². The first-order chi connectivity index (χ1) is 14.7. The highest BCUT2D eigenvalue weighted by Crippen LogP contribution is 2.35. The van der Waals surface area contributed by atoms with Crippen LogP contribution in [-0.2, 0) is 24.6 Å². The second-order valence-electron chi connectivity index (χ2n) is 6.68. The molecular formula is C23H20Br2N2O3. The second kappa shape index (κ2) is 10.1. The third-order valence-corrected chi connectivity index (χ3v) is 6.14. The standard InChI is InChI=1S/C23H20Br2N2O3/c24-20-9-3-1-6-18(20)13-28-22-11-5-8-17(12-27-15-26-16-30-27)23(22)29-14-19-7-2-4-10-21(19)25/h1-11,16H,12-15H2. The number of hydroxylamine groups is 2. The minimum Gasteiger partial charge on any atom is -0.485 e. The molecule has 3 aromatic rings. The van der Waals surface area contributed by atoms with Crippen LogP contribution in [0.5, 0.6) is 11.5 Å². The van der Waals surface area contributed by atoms with Gasteiger partial charge in [-0.3, -0.25) is 0 Å². The van der Waals surface area contributed by atoms with Crippen LogP contribution < -0.4 is 9.47 Å². The number of nitrogens with zero attached hydrogens (tertiary/aromatic N) is 2. The van der Waals surface area contributed by atoms with Gasteiger partial charge in [0.15, 0.2) is 17.9 Å². The van der Waals surface area contributed by atoms with Crippen molar-refractivity contribution < 1.29 is 14.3 Å². The summed E-state index contributed by atoms with van der Waals surface area (Å²) < 4.78 is 14.5. The summed E-state index contributed by atoms with van der Waals surface area (Å²) >= 11 is 7.16. The molecule has 0 fully saturated rings. The molecule has 5 nitrogen and oxygen atoms in total. The molecule has 0 amide bonds. The summed E-state index contributed by atoms with van der Waals surface area (Å²) in [5.74, 6) is 1.39. The predicted molar refractivity (Wildman–Crippen MR) is 123 cm³/mol. The van der Waals surface area contributed by atoms with Crippen LogP contribution in [0.3, 0.4) is 0 Å². The molecule has 7 heteroatoms. The fraction of sp³-hybridized carbons (Fsp3) is 0.174. The van der Waals surface area contributed by atoms with Crippen molar-refractivity contribution in [3.8, 4) is 11.5 Å². The van der Waals surface area contributed by atoms with Gasteiger partial charge in [-0.2, -0.15) is 0 Å². The lowest BCUT2D eigenvalue weighted by molar-refractivity contribution is -0.0525. The molecule has 1 aliphatic heterocycles. The molecule has 0 N–H and O–H groups in total. The predicted octanol–water partition coefficient (Wildman–Crippen LogP) is 6.10. The van der Waals surface area contributed by atoms with E-state index in [-0.39, 0.29) is 0 Å². The van der Waals surface area contributed by atoms with Gasteiger partial charge in [0, 0.05) is 25.6 Å². The van der Waals surface area contributed by atoms with Crippen LogP contribution in [0.2, 0.25) is 0 Å². The van der Waals surface area contributed by atoms with Gasteiger partial charge in [0.05, 0.1) is 6.54 Å². The van der Waals surface area contributed by atoms with E-state index in [1.807, 2.05) is 66.7 Å². The fourth-order valence-electron chi connectivity index (χ4n) is 3.03. The molecule has 4 rings (SSSR count). The lowest BCUT2D eigenvalue weighted by Crippen LogP contribution is -2.18. The molecule has 0 aliphatic carbocycles. The van der Waals surface area contributed by atoms with Gasteiger partial charge in [0.1, 0.15) is 19.9 Å². The second-order valence-corrected chi connectivity index (χ2v) is 8.39. The molecule has 0 unspecified atom stereocenters. The molecule has 0 saturated carbocycles. The van der Waals surface area contributed by atoms with Gasteiger partial charge in [-0.1, -0.05) is 80.4 Å². The summed E-state index contributed by atoms with van der Waals surface area (Å²) in [5.41, 5.74) is 3.10. The van der Waals surface area contributed by atoms with E-state index in [0.29, 0.717) is 37.9 Å². The van der Waals surface area contributed by atoms with Crippen molar-refractivity contribution in [2.24, 2.45) is 4.99 Å². The average Bonchev–Trinajstić information content (AvgIpc) is 3.27. The number of rotatable bonds is 8. The Morgan fingerprint density at radius 3 is 2.07 bits per heavy atom. The molecule has 3 aromatic carbocycles. The molecule has 0 atom stereocenters. The lowest BCUT2D eigenvalue weighted by Gasteiger charge is -2.19. The maximum atomic E-state index is 6.27. The van der Waals surface area contributed by atoms with E-state index in [4.69, 9.17) is 14.3 Å². The summed E-state index contributed by atoms with van der Waals surface area (Å²) in [5, 5.41) is 1.76. The number of aliphatic imine (C=N–C) groups is 1. The Labute approximate surface area is 192 Å². The third kappa shape index (κ3) is 5.22. The largest absolute Gasteiger partial charge is 0.485 e. The van der Waals surface area contributed by atoms with Crippen LogP contribution in [-0.4, -0.2) is 18.1 Å². The number of ether oxygens (including phenoxy) is 2. The van der Waals surface area contributed by atoms with E-state index in [2.05, 4.69) is 36.9 Å². The van der Waals surface area contributed by atoms with Crippen molar-refractivity contribution in [2.45, 2.75) is 19.8 Å². The van der Waals surface area contributed by atoms with Gasteiger partial charge in [0.25, 0.3) is 0 Å². The van der Waals surface area contributed by atoms with Crippen molar-refractivity contribution in [2.75, 3.05) is 6.67 Å². The highest BCUT2D eigenvalue weighted by atomic mass is 79.9. The normalized spacial score (nSPS) is 13.3. The van der Waals surface area contributed by atoms with Gasteiger partial charge >= 0.3 is 0 Å². The lowest BCUT2D eigenvalue weighted by atomic mass is 10.1. The monoisotopic (exact) mass is 530 g/mol. The summed E-state index contributed by atoms with van der Waals surface area (Å²) in [6.45, 7) is 1.88. The van der Waals surface area contributed by atoms with Crippen molar-refractivity contribution in [3.05, 3.63) is 92.4 Å². The molecule has 30 heavy (non-hydrogen) atoms. The Balaban J connectivity index is 1.57. The Bertz CT molecular complexity index is 1030. The Kier molecular flexibility index (Phi) is 7.04. The van der Waals surface area contributed by atoms with Crippen LogP contribution in [0, 0.1) is 0 Å². The summed E-state index contributed by atoms with van der Waals surface area (Å²) in [4.78, 5) is 9.51. The first kappa shape index (κ1) is 20.9. The van der Waals surface area contributed by atoms with Crippen molar-refractivity contribution in [3.63, 3.8) is 0 Å². The van der Waals surface area contributed by atoms with Crippen molar-refractivity contribution in [1.29, 1.82) is 0 Å². The zero-order chi connectivity index (χ0) is 20.8. The molecule has 0 bridgehead atoms. The number of hydrogen-bond acceptors (Lipinski definition) is 5. The van der Waals surface area contributed by atoms with Gasteiger partial charge in [-0.05, 0) is 18.2 Å². The number of halogens is 2. The SMILES string of the molecule is Brc1ccccc1COc1cccc(CN2CN=CO2)c1OCc1ccccc1Br. The minimum absolute atomic E-state index is 0.418. The van der Waals surface area contributed by atoms with E-state index in [1.165, 1.54) is 6.40 Å². The summed E-state index contributed by atoms with van der Waals surface area (Å²) in [6, 6.07) is 21.9. The van der Waals surface area contributed by atoms with Crippen molar-refractivity contribution in [1.82, 2.24) is 5.06 Å². The van der Waals surface area contributed by atoms with Crippen LogP contribution >= 0.6 is 31.9 Å². The molecule has 154 valence electrons. The Hall–Kier alpha value is -2.35. The van der Waals surface area contributed by atoms with Crippen LogP contribution in [0.15, 0.2) is 80.7 Å². The molecule has 0 saturated heterocycles. The summed E-state index contributed by atoms with van der Waals surface area (Å²) in [6.07, 6.45) is 1.45. The minimum atomic E-state index is 0.418. The van der Waals surface area contributed by atoms with E-state index >= 15 is 0 Å². The van der Waals surface area contributed by atoms with E-state index < -0.39 is 0 Å². The van der Waals surface area contributed by atoms with Gasteiger partial charge in [0.2, 0.25) is 0 Å². The van der Waals surface area contributed by atoms with Crippen LogP contribution in [0.1, 0.15) is 16.7 Å².